The minimum absolute atomic E-state index is 0.0664. The molecule has 0 aliphatic rings. The summed E-state index contributed by atoms with van der Waals surface area (Å²) in [6, 6.07) is 6.44. The van der Waals surface area contributed by atoms with Crippen LogP contribution in [-0.2, 0) is 11.3 Å². The van der Waals surface area contributed by atoms with Crippen molar-refractivity contribution in [2.24, 2.45) is 5.92 Å². The Balaban J connectivity index is 2.33. The number of rotatable bonds is 6. The molecule has 2 rings (SSSR count). The summed E-state index contributed by atoms with van der Waals surface area (Å²) in [5.41, 5.74) is 1.44. The van der Waals surface area contributed by atoms with Crippen LogP contribution in [0.3, 0.4) is 0 Å². The van der Waals surface area contributed by atoms with Gasteiger partial charge < -0.3 is 5.11 Å². The molecule has 112 valence electrons. The average Bonchev–Trinajstić information content (AvgIpc) is 2.36. The number of benzene rings is 1. The molecule has 0 saturated carbocycles. The Hall–Kier alpha value is -2.01. The van der Waals surface area contributed by atoms with Gasteiger partial charge >= 0.3 is 5.97 Å². The largest absolute Gasteiger partial charge is 0.480 e. The third-order valence-electron chi connectivity index (χ3n) is 3.12. The van der Waals surface area contributed by atoms with E-state index in [1.165, 1.54) is 12.1 Å². The van der Waals surface area contributed by atoms with Crippen molar-refractivity contribution in [1.29, 1.82) is 0 Å². The summed E-state index contributed by atoms with van der Waals surface area (Å²) in [4.78, 5) is 17.1. The van der Waals surface area contributed by atoms with E-state index in [2.05, 4.69) is 4.98 Å². The van der Waals surface area contributed by atoms with Crippen molar-refractivity contribution >= 4 is 16.9 Å². The van der Waals surface area contributed by atoms with E-state index in [1.54, 1.807) is 23.2 Å². The average molecular weight is 290 g/mol. The first kappa shape index (κ1) is 15.4. The highest BCUT2D eigenvalue weighted by atomic mass is 19.1. The van der Waals surface area contributed by atoms with Crippen LogP contribution in [0.1, 0.15) is 19.4 Å². The van der Waals surface area contributed by atoms with E-state index in [0.29, 0.717) is 24.6 Å². The Morgan fingerprint density at radius 3 is 2.86 bits per heavy atom. The van der Waals surface area contributed by atoms with Gasteiger partial charge in [-0.3, -0.25) is 14.7 Å². The molecule has 0 amide bonds. The summed E-state index contributed by atoms with van der Waals surface area (Å²) in [5, 5.41) is 9.74. The molecule has 21 heavy (non-hydrogen) atoms. The number of carbonyl (C=O) groups is 1. The molecule has 0 aliphatic heterocycles. The van der Waals surface area contributed by atoms with E-state index in [-0.39, 0.29) is 12.4 Å². The highest BCUT2D eigenvalue weighted by Crippen LogP contribution is 2.20. The van der Waals surface area contributed by atoms with Crippen LogP contribution in [0.15, 0.2) is 30.5 Å². The van der Waals surface area contributed by atoms with Crippen molar-refractivity contribution in [3.05, 3.63) is 41.8 Å². The molecule has 0 aliphatic carbocycles. The highest BCUT2D eigenvalue weighted by Gasteiger charge is 2.14. The number of aromatic nitrogens is 1. The number of carboxylic acid groups (broad SMARTS) is 1. The lowest BCUT2D eigenvalue weighted by molar-refractivity contribution is -0.138. The number of aliphatic carboxylic acids is 1. The molecule has 1 N–H and O–H groups in total. The standard InChI is InChI=1S/C16H19FN2O2/c1-11(2)8-19(10-15(20)21)9-13-7-14(17)6-12-4-3-5-18-16(12)13/h3-7,11H,8-10H2,1-2H3,(H,20,21). The van der Waals surface area contributed by atoms with Crippen LogP contribution in [0.4, 0.5) is 4.39 Å². The third kappa shape index (κ3) is 4.23. The van der Waals surface area contributed by atoms with E-state index in [4.69, 9.17) is 5.11 Å². The zero-order valence-electron chi connectivity index (χ0n) is 12.2. The monoisotopic (exact) mass is 290 g/mol. The molecule has 1 aromatic heterocycles. The molecule has 4 nitrogen and oxygen atoms in total. The maximum atomic E-state index is 13.7. The molecule has 0 spiro atoms. The first-order valence-corrected chi connectivity index (χ1v) is 6.93. The van der Waals surface area contributed by atoms with Crippen molar-refractivity contribution < 1.29 is 14.3 Å². The molecule has 0 saturated heterocycles. The van der Waals surface area contributed by atoms with Crippen LogP contribution in [0, 0.1) is 11.7 Å². The predicted molar refractivity (Wildman–Crippen MR) is 79.5 cm³/mol. The van der Waals surface area contributed by atoms with Gasteiger partial charge in [-0.05, 0) is 29.7 Å². The van der Waals surface area contributed by atoms with Crippen molar-refractivity contribution in [1.82, 2.24) is 9.88 Å². The Morgan fingerprint density at radius 1 is 1.43 bits per heavy atom. The predicted octanol–water partition coefficient (Wildman–Crippen LogP) is 2.92. The van der Waals surface area contributed by atoms with E-state index in [1.807, 2.05) is 13.8 Å². The van der Waals surface area contributed by atoms with Gasteiger partial charge in [-0.2, -0.15) is 0 Å². The first-order valence-electron chi connectivity index (χ1n) is 6.93. The number of pyridine rings is 1. The highest BCUT2D eigenvalue weighted by molar-refractivity contribution is 5.81. The Labute approximate surface area is 123 Å². The summed E-state index contributed by atoms with van der Waals surface area (Å²) in [6.45, 7) is 4.99. The second-order valence-electron chi connectivity index (χ2n) is 5.60. The summed E-state index contributed by atoms with van der Waals surface area (Å²) < 4.78 is 13.7. The SMILES string of the molecule is CC(C)CN(CC(=O)O)Cc1cc(F)cc2cccnc12. The number of hydrogen-bond acceptors (Lipinski definition) is 3. The van der Waals surface area contributed by atoms with Gasteiger partial charge in [0.15, 0.2) is 0 Å². The fraction of sp³-hybridized carbons (Fsp3) is 0.375. The molecule has 0 atom stereocenters. The maximum absolute atomic E-state index is 13.7. The molecule has 0 bridgehead atoms. The molecule has 1 aromatic carbocycles. The lowest BCUT2D eigenvalue weighted by Crippen LogP contribution is -2.32. The fourth-order valence-corrected chi connectivity index (χ4v) is 2.48. The van der Waals surface area contributed by atoms with Crippen LogP contribution in [0.25, 0.3) is 10.9 Å². The third-order valence-corrected chi connectivity index (χ3v) is 3.12. The zero-order valence-corrected chi connectivity index (χ0v) is 12.2. The van der Waals surface area contributed by atoms with Gasteiger partial charge in [0, 0.05) is 24.7 Å². The topological polar surface area (TPSA) is 53.4 Å². The van der Waals surface area contributed by atoms with Crippen molar-refractivity contribution in [3.63, 3.8) is 0 Å². The number of hydrogen-bond donors (Lipinski definition) is 1. The summed E-state index contributed by atoms with van der Waals surface area (Å²) in [7, 11) is 0. The van der Waals surface area contributed by atoms with Crippen molar-refractivity contribution in [3.8, 4) is 0 Å². The van der Waals surface area contributed by atoms with Crippen LogP contribution in [-0.4, -0.2) is 34.0 Å². The zero-order chi connectivity index (χ0) is 15.4. The summed E-state index contributed by atoms with van der Waals surface area (Å²) in [6.07, 6.45) is 1.66. The van der Waals surface area contributed by atoms with Crippen LogP contribution < -0.4 is 0 Å². The second-order valence-corrected chi connectivity index (χ2v) is 5.60. The van der Waals surface area contributed by atoms with Crippen LogP contribution >= 0.6 is 0 Å². The first-order chi connectivity index (χ1) is 9.95. The number of nitrogens with zero attached hydrogens (tertiary/aromatic N) is 2. The minimum Gasteiger partial charge on any atom is -0.480 e. The van der Waals surface area contributed by atoms with E-state index >= 15 is 0 Å². The Bertz CT molecular complexity index is 643. The normalized spacial score (nSPS) is 11.5. The quantitative estimate of drug-likeness (QED) is 0.888. The van der Waals surface area contributed by atoms with Gasteiger partial charge in [0.1, 0.15) is 5.82 Å². The molecule has 0 radical (unpaired) electrons. The molecule has 5 heteroatoms. The van der Waals surface area contributed by atoms with Gasteiger partial charge in [-0.25, -0.2) is 4.39 Å². The molecular formula is C16H19FN2O2. The molecule has 1 heterocycles. The van der Waals surface area contributed by atoms with Gasteiger partial charge in [0.05, 0.1) is 12.1 Å². The Kier molecular flexibility index (Phi) is 4.85. The lowest BCUT2D eigenvalue weighted by Gasteiger charge is -2.22. The van der Waals surface area contributed by atoms with Crippen molar-refractivity contribution in [2.75, 3.05) is 13.1 Å². The molecule has 2 aromatic rings. The van der Waals surface area contributed by atoms with Gasteiger partial charge in [-0.1, -0.05) is 19.9 Å². The molecule has 0 unspecified atom stereocenters. The minimum atomic E-state index is -0.885. The fourth-order valence-electron chi connectivity index (χ4n) is 2.48. The smallest absolute Gasteiger partial charge is 0.317 e. The Morgan fingerprint density at radius 2 is 2.19 bits per heavy atom. The van der Waals surface area contributed by atoms with E-state index < -0.39 is 5.97 Å². The molecule has 0 fully saturated rings. The summed E-state index contributed by atoms with van der Waals surface area (Å²) >= 11 is 0. The van der Waals surface area contributed by atoms with E-state index in [0.717, 1.165) is 10.9 Å². The number of carboxylic acids is 1. The van der Waals surface area contributed by atoms with Crippen LogP contribution in [0.5, 0.6) is 0 Å². The van der Waals surface area contributed by atoms with E-state index in [9.17, 15) is 9.18 Å². The lowest BCUT2D eigenvalue weighted by atomic mass is 10.1. The van der Waals surface area contributed by atoms with Gasteiger partial charge in [0.2, 0.25) is 0 Å². The van der Waals surface area contributed by atoms with Gasteiger partial charge in [0.25, 0.3) is 0 Å². The number of halogens is 1. The molecular weight excluding hydrogens is 271 g/mol. The van der Waals surface area contributed by atoms with Gasteiger partial charge in [-0.15, -0.1) is 0 Å². The van der Waals surface area contributed by atoms with Crippen molar-refractivity contribution in [2.45, 2.75) is 20.4 Å². The number of fused-ring (bicyclic) bond motifs is 1. The van der Waals surface area contributed by atoms with Crippen LogP contribution in [0.2, 0.25) is 0 Å². The maximum Gasteiger partial charge on any atom is 0.317 e. The second kappa shape index (κ2) is 6.63. The summed E-state index contributed by atoms with van der Waals surface area (Å²) in [5.74, 6) is -0.883.